The molecule has 0 spiro atoms. The highest BCUT2D eigenvalue weighted by molar-refractivity contribution is 5.79. The number of hydrogen-bond donors (Lipinski definition) is 1. The topological polar surface area (TPSA) is 89.2 Å². The molecule has 0 atom stereocenters. The van der Waals surface area contributed by atoms with Crippen molar-refractivity contribution >= 4 is 11.5 Å². The van der Waals surface area contributed by atoms with Gasteiger partial charge in [0.05, 0.1) is 19.5 Å². The molecule has 6 heteroatoms. The molecule has 2 heterocycles. The number of nitriles is 1. The molecule has 0 saturated heterocycles. The third kappa shape index (κ3) is 1.73. The fourth-order valence-electron chi connectivity index (χ4n) is 2.03. The van der Waals surface area contributed by atoms with E-state index in [1.807, 2.05) is 30.3 Å². The molecule has 0 unspecified atom stereocenters. The summed E-state index contributed by atoms with van der Waals surface area (Å²) in [6.45, 7) is 0. The molecule has 20 heavy (non-hydrogen) atoms. The van der Waals surface area contributed by atoms with Crippen molar-refractivity contribution in [3.05, 3.63) is 42.2 Å². The summed E-state index contributed by atoms with van der Waals surface area (Å²) in [5.41, 5.74) is 8.56. The summed E-state index contributed by atoms with van der Waals surface area (Å²) in [6.07, 6.45) is 3.13. The highest BCUT2D eigenvalue weighted by Crippen LogP contribution is 2.27. The first-order valence-electron chi connectivity index (χ1n) is 5.91. The second-order valence-electron chi connectivity index (χ2n) is 4.19. The number of fused-ring (bicyclic) bond motifs is 1. The molecule has 6 nitrogen and oxygen atoms in total. The van der Waals surface area contributed by atoms with Crippen LogP contribution < -0.4 is 10.5 Å². The molecule has 0 aliphatic carbocycles. The number of nitrogen functional groups attached to an aromatic ring is 1. The molecule has 2 N–H and O–H groups in total. The molecule has 0 fully saturated rings. The van der Waals surface area contributed by atoms with Gasteiger partial charge in [0.1, 0.15) is 23.2 Å². The van der Waals surface area contributed by atoms with Crippen LogP contribution in [0.2, 0.25) is 0 Å². The van der Waals surface area contributed by atoms with Crippen molar-refractivity contribution in [1.29, 1.82) is 5.26 Å². The van der Waals surface area contributed by atoms with Crippen molar-refractivity contribution in [3.63, 3.8) is 0 Å². The number of anilines is 1. The Morgan fingerprint density at radius 2 is 2.20 bits per heavy atom. The Bertz CT molecular complexity index is 831. The number of ether oxygens (including phenoxy) is 1. The number of methoxy groups -OCH3 is 1. The lowest BCUT2D eigenvalue weighted by atomic mass is 10.1. The van der Waals surface area contributed by atoms with Gasteiger partial charge in [-0.15, -0.1) is 0 Å². The summed E-state index contributed by atoms with van der Waals surface area (Å²) >= 11 is 0. The molecule has 2 aromatic heterocycles. The van der Waals surface area contributed by atoms with Crippen molar-refractivity contribution in [2.75, 3.05) is 12.8 Å². The summed E-state index contributed by atoms with van der Waals surface area (Å²) in [5.74, 6) is 1.04. The molecular weight excluding hydrogens is 254 g/mol. The SMILES string of the molecule is COc1cccc(-c2cnn3c(N)c(C#N)cnc23)c1. The maximum absolute atomic E-state index is 8.94. The van der Waals surface area contributed by atoms with Crippen LogP contribution in [0.15, 0.2) is 36.7 Å². The standard InChI is InChI=1S/C14H11N5O/c1-20-11-4-2-3-9(5-11)12-8-18-19-13(16)10(6-15)7-17-14(12)19/h2-5,7-8H,16H2,1H3. The Morgan fingerprint density at radius 3 is 2.95 bits per heavy atom. The van der Waals surface area contributed by atoms with Crippen LogP contribution >= 0.6 is 0 Å². The zero-order chi connectivity index (χ0) is 14.1. The first-order chi connectivity index (χ1) is 9.74. The van der Waals surface area contributed by atoms with Crippen molar-refractivity contribution in [2.24, 2.45) is 0 Å². The van der Waals surface area contributed by atoms with Crippen molar-refractivity contribution in [1.82, 2.24) is 14.6 Å². The smallest absolute Gasteiger partial charge is 0.165 e. The maximum Gasteiger partial charge on any atom is 0.165 e. The maximum atomic E-state index is 8.94. The number of hydrogen-bond acceptors (Lipinski definition) is 5. The number of benzene rings is 1. The van der Waals surface area contributed by atoms with Gasteiger partial charge < -0.3 is 10.5 Å². The highest BCUT2D eigenvalue weighted by atomic mass is 16.5. The third-order valence-electron chi connectivity index (χ3n) is 3.07. The van der Waals surface area contributed by atoms with Gasteiger partial charge in [-0.05, 0) is 17.7 Å². The molecule has 0 saturated carbocycles. The third-order valence-corrected chi connectivity index (χ3v) is 3.07. The number of aromatic nitrogens is 3. The Kier molecular flexibility index (Phi) is 2.73. The fourth-order valence-corrected chi connectivity index (χ4v) is 2.03. The zero-order valence-corrected chi connectivity index (χ0v) is 10.7. The van der Waals surface area contributed by atoms with Crippen LogP contribution in [0.3, 0.4) is 0 Å². The second-order valence-corrected chi connectivity index (χ2v) is 4.19. The van der Waals surface area contributed by atoms with Gasteiger partial charge >= 0.3 is 0 Å². The number of nitrogens with two attached hydrogens (primary N) is 1. The van der Waals surface area contributed by atoms with Crippen LogP contribution in [0, 0.1) is 11.3 Å². The lowest BCUT2D eigenvalue weighted by molar-refractivity contribution is 0.415. The molecule has 0 amide bonds. The van der Waals surface area contributed by atoms with Crippen LogP contribution in [0.1, 0.15) is 5.56 Å². The Hall–Kier alpha value is -3.07. The predicted molar refractivity (Wildman–Crippen MR) is 74.1 cm³/mol. The quantitative estimate of drug-likeness (QED) is 0.763. The summed E-state index contributed by atoms with van der Waals surface area (Å²) in [4.78, 5) is 4.26. The zero-order valence-electron chi connectivity index (χ0n) is 10.7. The van der Waals surface area contributed by atoms with Crippen LogP contribution in [0.4, 0.5) is 5.82 Å². The van der Waals surface area contributed by atoms with E-state index in [0.29, 0.717) is 11.2 Å². The van der Waals surface area contributed by atoms with Gasteiger partial charge in [-0.25, -0.2) is 4.98 Å². The van der Waals surface area contributed by atoms with E-state index in [1.54, 1.807) is 13.3 Å². The number of nitrogens with zero attached hydrogens (tertiary/aromatic N) is 4. The van der Waals surface area contributed by atoms with Gasteiger partial charge in [-0.3, -0.25) is 0 Å². The molecule has 98 valence electrons. The van der Waals surface area contributed by atoms with E-state index in [9.17, 15) is 0 Å². The summed E-state index contributed by atoms with van der Waals surface area (Å²) in [7, 11) is 1.62. The van der Waals surface area contributed by atoms with E-state index < -0.39 is 0 Å². The van der Waals surface area contributed by atoms with Crippen LogP contribution in [-0.4, -0.2) is 21.7 Å². The van der Waals surface area contributed by atoms with Crippen LogP contribution in [0.25, 0.3) is 16.8 Å². The summed E-state index contributed by atoms with van der Waals surface area (Å²) < 4.78 is 6.68. The van der Waals surface area contributed by atoms with Gasteiger partial charge in [-0.1, -0.05) is 12.1 Å². The van der Waals surface area contributed by atoms with Crippen LogP contribution in [-0.2, 0) is 0 Å². The van der Waals surface area contributed by atoms with Gasteiger partial charge in [0.2, 0.25) is 0 Å². The van der Waals surface area contributed by atoms with Gasteiger partial charge in [0, 0.05) is 5.56 Å². The highest BCUT2D eigenvalue weighted by Gasteiger charge is 2.12. The Balaban J connectivity index is 2.23. The molecule has 3 aromatic rings. The molecule has 0 bridgehead atoms. The van der Waals surface area contributed by atoms with Gasteiger partial charge in [-0.2, -0.15) is 14.9 Å². The van der Waals surface area contributed by atoms with E-state index >= 15 is 0 Å². The Morgan fingerprint density at radius 1 is 1.35 bits per heavy atom. The minimum absolute atomic E-state index is 0.284. The lowest BCUT2D eigenvalue weighted by Gasteiger charge is -2.04. The monoisotopic (exact) mass is 265 g/mol. The molecule has 0 aliphatic heterocycles. The normalized spacial score (nSPS) is 10.4. The molecule has 0 radical (unpaired) electrons. The fraction of sp³-hybridized carbons (Fsp3) is 0.0714. The first kappa shape index (κ1) is 12.0. The summed E-state index contributed by atoms with van der Waals surface area (Å²) in [5, 5.41) is 13.1. The van der Waals surface area contributed by atoms with Crippen LogP contribution in [0.5, 0.6) is 5.75 Å². The van der Waals surface area contributed by atoms with Gasteiger partial charge in [0.25, 0.3) is 0 Å². The minimum Gasteiger partial charge on any atom is -0.497 e. The average molecular weight is 265 g/mol. The van der Waals surface area contributed by atoms with Crippen molar-refractivity contribution < 1.29 is 4.74 Å². The lowest BCUT2D eigenvalue weighted by Crippen LogP contribution is -2.02. The van der Waals surface area contributed by atoms with E-state index in [2.05, 4.69) is 10.1 Å². The predicted octanol–water partition coefficient (Wildman–Crippen LogP) is 1.86. The van der Waals surface area contributed by atoms with E-state index in [1.165, 1.54) is 10.7 Å². The van der Waals surface area contributed by atoms with E-state index in [0.717, 1.165) is 16.9 Å². The molecular formula is C14H11N5O. The molecule has 1 aromatic carbocycles. The molecule has 3 rings (SSSR count). The first-order valence-corrected chi connectivity index (χ1v) is 5.91. The van der Waals surface area contributed by atoms with Crippen molar-refractivity contribution in [2.45, 2.75) is 0 Å². The average Bonchev–Trinajstić information content (AvgIpc) is 2.92. The van der Waals surface area contributed by atoms with E-state index in [-0.39, 0.29) is 5.82 Å². The largest absolute Gasteiger partial charge is 0.497 e. The summed E-state index contributed by atoms with van der Waals surface area (Å²) in [6, 6.07) is 9.58. The van der Waals surface area contributed by atoms with Crippen molar-refractivity contribution in [3.8, 4) is 22.9 Å². The van der Waals surface area contributed by atoms with E-state index in [4.69, 9.17) is 15.7 Å². The Labute approximate surface area is 115 Å². The second kappa shape index (κ2) is 4.55. The molecule has 0 aliphatic rings. The number of rotatable bonds is 2. The minimum atomic E-state index is 0.284. The van der Waals surface area contributed by atoms with Gasteiger partial charge in [0.15, 0.2) is 5.65 Å².